The molecule has 2 fully saturated rings. The number of nitrogens with one attached hydrogen (secondary N) is 1. The number of hydrogen-bond acceptors (Lipinski definition) is 4. The Morgan fingerprint density at radius 3 is 2.59 bits per heavy atom. The van der Waals surface area contributed by atoms with Crippen molar-refractivity contribution < 1.29 is 9.53 Å². The van der Waals surface area contributed by atoms with Crippen LogP contribution < -0.4 is 10.2 Å². The van der Waals surface area contributed by atoms with Gasteiger partial charge >= 0.3 is 0 Å². The summed E-state index contributed by atoms with van der Waals surface area (Å²) in [6.07, 6.45) is 5.61. The summed E-state index contributed by atoms with van der Waals surface area (Å²) in [6, 6.07) is 4.48. The van der Waals surface area contributed by atoms with E-state index < -0.39 is 0 Å². The number of carbonyl (C=O) groups excluding carboxylic acids is 1. The van der Waals surface area contributed by atoms with Gasteiger partial charge in [0.05, 0.1) is 0 Å². The number of ether oxygens (including phenoxy) is 1. The smallest absolute Gasteiger partial charge is 0.223 e. The summed E-state index contributed by atoms with van der Waals surface area (Å²) >= 11 is 0. The number of anilines is 1. The normalized spacial score (nSPS) is 20.9. The van der Waals surface area contributed by atoms with Crippen LogP contribution in [0.15, 0.2) is 18.3 Å². The van der Waals surface area contributed by atoms with E-state index in [0.29, 0.717) is 6.04 Å². The van der Waals surface area contributed by atoms with Crippen molar-refractivity contribution in [3.8, 4) is 0 Å². The van der Waals surface area contributed by atoms with Crippen molar-refractivity contribution in [1.82, 2.24) is 10.3 Å². The summed E-state index contributed by atoms with van der Waals surface area (Å²) in [5.74, 6) is 1.40. The molecule has 0 atom stereocenters. The van der Waals surface area contributed by atoms with Crippen LogP contribution in [0.5, 0.6) is 0 Å². The van der Waals surface area contributed by atoms with Gasteiger partial charge in [-0.3, -0.25) is 4.79 Å². The summed E-state index contributed by atoms with van der Waals surface area (Å²) in [7, 11) is 0. The van der Waals surface area contributed by atoms with Gasteiger partial charge in [0.25, 0.3) is 0 Å². The van der Waals surface area contributed by atoms with Gasteiger partial charge in [0.15, 0.2) is 0 Å². The first-order chi connectivity index (χ1) is 10.7. The third kappa shape index (κ3) is 3.77. The molecule has 0 spiro atoms. The molecule has 5 heteroatoms. The number of hydrogen-bond donors (Lipinski definition) is 1. The highest BCUT2D eigenvalue weighted by Crippen LogP contribution is 2.20. The average Bonchev–Trinajstić information content (AvgIpc) is 2.57. The summed E-state index contributed by atoms with van der Waals surface area (Å²) in [4.78, 5) is 19.1. The lowest BCUT2D eigenvalue weighted by Gasteiger charge is -2.34. The molecule has 2 saturated heterocycles. The molecule has 0 aliphatic carbocycles. The van der Waals surface area contributed by atoms with Crippen molar-refractivity contribution in [3.05, 3.63) is 23.9 Å². The van der Waals surface area contributed by atoms with E-state index in [-0.39, 0.29) is 11.8 Å². The highest BCUT2D eigenvalue weighted by molar-refractivity contribution is 5.79. The Morgan fingerprint density at radius 1 is 1.23 bits per heavy atom. The van der Waals surface area contributed by atoms with E-state index in [2.05, 4.69) is 34.3 Å². The van der Waals surface area contributed by atoms with Gasteiger partial charge in [-0.05, 0) is 44.2 Å². The number of carbonyl (C=O) groups is 1. The van der Waals surface area contributed by atoms with Crippen LogP contribution in [-0.2, 0) is 9.53 Å². The minimum atomic E-state index is 0.144. The minimum absolute atomic E-state index is 0.144. The first kappa shape index (κ1) is 15.3. The fourth-order valence-corrected chi connectivity index (χ4v) is 3.18. The standard InChI is InChI=1S/C17H25N3O2/c1-13-2-3-16(18-12-13)20-8-4-15(5-9-20)19-17(21)14-6-10-22-11-7-14/h2-3,12,14-15H,4-11H2,1H3,(H,19,21). The van der Waals surface area contributed by atoms with Gasteiger partial charge in [-0.2, -0.15) is 0 Å². The molecule has 1 aromatic rings. The van der Waals surface area contributed by atoms with Gasteiger partial charge in [-0.1, -0.05) is 6.07 Å². The second-order valence-electron chi connectivity index (χ2n) is 6.35. The molecule has 22 heavy (non-hydrogen) atoms. The number of nitrogens with zero attached hydrogens (tertiary/aromatic N) is 2. The van der Waals surface area contributed by atoms with Crippen LogP contribution in [0, 0.1) is 12.8 Å². The molecule has 0 unspecified atom stereocenters. The van der Waals surface area contributed by atoms with Crippen molar-refractivity contribution in [3.63, 3.8) is 0 Å². The summed E-state index contributed by atoms with van der Waals surface area (Å²) in [6.45, 7) is 5.39. The second kappa shape index (κ2) is 7.09. The van der Waals surface area contributed by atoms with Crippen molar-refractivity contribution in [2.24, 2.45) is 5.92 Å². The zero-order chi connectivity index (χ0) is 15.4. The Balaban J connectivity index is 1.47. The van der Waals surface area contributed by atoms with E-state index in [1.165, 1.54) is 5.56 Å². The van der Waals surface area contributed by atoms with Crippen molar-refractivity contribution >= 4 is 11.7 Å². The maximum Gasteiger partial charge on any atom is 0.223 e. The molecule has 120 valence electrons. The van der Waals surface area contributed by atoms with Crippen LogP contribution in [0.4, 0.5) is 5.82 Å². The predicted octanol–water partition coefficient (Wildman–Crippen LogP) is 1.90. The molecule has 2 aliphatic rings. The largest absolute Gasteiger partial charge is 0.381 e. The van der Waals surface area contributed by atoms with E-state index in [1.54, 1.807) is 0 Å². The molecule has 0 radical (unpaired) electrons. The lowest BCUT2D eigenvalue weighted by molar-refractivity contribution is -0.128. The molecule has 3 heterocycles. The topological polar surface area (TPSA) is 54.5 Å². The van der Waals surface area contributed by atoms with Gasteiger partial charge in [0.2, 0.25) is 5.91 Å². The second-order valence-corrected chi connectivity index (χ2v) is 6.35. The van der Waals surface area contributed by atoms with E-state index >= 15 is 0 Å². The van der Waals surface area contributed by atoms with Crippen molar-refractivity contribution in [2.45, 2.75) is 38.6 Å². The van der Waals surface area contributed by atoms with Gasteiger partial charge in [0, 0.05) is 44.5 Å². The molecule has 0 aromatic carbocycles. The number of piperidine rings is 1. The highest BCUT2D eigenvalue weighted by atomic mass is 16.5. The number of aromatic nitrogens is 1. The zero-order valence-corrected chi connectivity index (χ0v) is 13.3. The first-order valence-electron chi connectivity index (χ1n) is 8.28. The van der Waals surface area contributed by atoms with Crippen LogP contribution in [0.1, 0.15) is 31.2 Å². The number of amides is 1. The molecule has 1 N–H and O–H groups in total. The third-order valence-electron chi connectivity index (χ3n) is 4.65. The molecular weight excluding hydrogens is 278 g/mol. The fourth-order valence-electron chi connectivity index (χ4n) is 3.18. The maximum atomic E-state index is 12.3. The Bertz CT molecular complexity index is 489. The highest BCUT2D eigenvalue weighted by Gasteiger charge is 2.26. The van der Waals surface area contributed by atoms with Crippen LogP contribution >= 0.6 is 0 Å². The zero-order valence-electron chi connectivity index (χ0n) is 13.3. The average molecular weight is 303 g/mol. The first-order valence-corrected chi connectivity index (χ1v) is 8.28. The van der Waals surface area contributed by atoms with Crippen LogP contribution in [0.2, 0.25) is 0 Å². The van der Waals surface area contributed by atoms with E-state index in [0.717, 1.165) is 57.8 Å². The molecule has 2 aliphatic heterocycles. The Kier molecular flexibility index (Phi) is 4.93. The molecular formula is C17H25N3O2. The summed E-state index contributed by atoms with van der Waals surface area (Å²) in [5, 5.41) is 3.23. The van der Waals surface area contributed by atoms with Crippen LogP contribution in [0.3, 0.4) is 0 Å². The maximum absolute atomic E-state index is 12.3. The third-order valence-corrected chi connectivity index (χ3v) is 4.65. The SMILES string of the molecule is Cc1ccc(N2CCC(NC(=O)C3CCOCC3)CC2)nc1. The molecule has 1 amide bonds. The Labute approximate surface area is 132 Å². The molecule has 1 aromatic heterocycles. The van der Waals surface area contributed by atoms with Gasteiger partial charge in [0.1, 0.15) is 5.82 Å². The lowest BCUT2D eigenvalue weighted by atomic mass is 9.97. The number of pyridine rings is 1. The van der Waals surface area contributed by atoms with E-state index in [4.69, 9.17) is 4.74 Å². The van der Waals surface area contributed by atoms with Gasteiger partial charge in [-0.25, -0.2) is 4.98 Å². The lowest BCUT2D eigenvalue weighted by Crippen LogP contribution is -2.47. The van der Waals surface area contributed by atoms with Crippen LogP contribution in [0.25, 0.3) is 0 Å². The van der Waals surface area contributed by atoms with Gasteiger partial charge in [-0.15, -0.1) is 0 Å². The fraction of sp³-hybridized carbons (Fsp3) is 0.647. The van der Waals surface area contributed by atoms with Crippen molar-refractivity contribution in [2.75, 3.05) is 31.2 Å². The predicted molar refractivity (Wildman–Crippen MR) is 85.9 cm³/mol. The van der Waals surface area contributed by atoms with E-state index in [9.17, 15) is 4.79 Å². The number of rotatable bonds is 3. The summed E-state index contributed by atoms with van der Waals surface area (Å²) in [5.41, 5.74) is 1.18. The quantitative estimate of drug-likeness (QED) is 0.926. The van der Waals surface area contributed by atoms with Crippen LogP contribution in [-0.4, -0.2) is 43.2 Å². The molecule has 0 saturated carbocycles. The minimum Gasteiger partial charge on any atom is -0.381 e. The van der Waals surface area contributed by atoms with Gasteiger partial charge < -0.3 is 15.0 Å². The Morgan fingerprint density at radius 2 is 1.95 bits per heavy atom. The Hall–Kier alpha value is -1.62. The number of aryl methyl sites for hydroxylation is 1. The molecule has 0 bridgehead atoms. The summed E-state index contributed by atoms with van der Waals surface area (Å²) < 4.78 is 5.32. The monoisotopic (exact) mass is 303 g/mol. The molecule has 5 nitrogen and oxygen atoms in total. The molecule has 3 rings (SSSR count). The van der Waals surface area contributed by atoms with Crippen molar-refractivity contribution in [1.29, 1.82) is 0 Å². The van der Waals surface area contributed by atoms with E-state index in [1.807, 2.05) is 6.20 Å².